The second-order valence-corrected chi connectivity index (χ2v) is 5.80. The Hall–Kier alpha value is -0.610. The smallest absolute Gasteiger partial charge is 0.224 e. The first kappa shape index (κ1) is 17.4. The fraction of sp³-hybridized carbons (Fsp3) is 0.929. The van der Waals surface area contributed by atoms with Crippen LogP contribution < -0.4 is 11.1 Å². The Balaban J connectivity index is 4.13. The fourth-order valence-electron chi connectivity index (χ4n) is 2.23. The predicted molar refractivity (Wildman–Crippen MR) is 77.4 cm³/mol. The van der Waals surface area contributed by atoms with E-state index in [0.717, 1.165) is 6.54 Å². The molecular weight excluding hydrogens is 226 g/mol. The van der Waals surface area contributed by atoms with E-state index < -0.39 is 0 Å². The van der Waals surface area contributed by atoms with Crippen LogP contribution in [0.15, 0.2) is 0 Å². The average molecular weight is 257 g/mol. The highest BCUT2D eigenvalue weighted by molar-refractivity contribution is 5.79. The molecule has 3 N–H and O–H groups in total. The van der Waals surface area contributed by atoms with Gasteiger partial charge >= 0.3 is 0 Å². The van der Waals surface area contributed by atoms with Crippen LogP contribution in [0.2, 0.25) is 0 Å². The van der Waals surface area contributed by atoms with Crippen molar-refractivity contribution in [2.75, 3.05) is 19.6 Å². The zero-order chi connectivity index (χ0) is 14.3. The SMILES string of the molecule is CC(C)C(CN)C(=O)NCCN(C(C)C)C(C)C. The summed E-state index contributed by atoms with van der Waals surface area (Å²) in [5.74, 6) is 0.304. The average Bonchev–Trinajstić information content (AvgIpc) is 2.23. The summed E-state index contributed by atoms with van der Waals surface area (Å²) in [5.41, 5.74) is 5.63. The zero-order valence-corrected chi connectivity index (χ0v) is 12.9. The van der Waals surface area contributed by atoms with Crippen molar-refractivity contribution in [2.45, 2.75) is 53.6 Å². The standard InChI is InChI=1S/C14H31N3O/c1-10(2)13(9-15)14(18)16-7-8-17(11(3)4)12(5)6/h10-13H,7-9,15H2,1-6H3,(H,16,18). The molecule has 4 heteroatoms. The van der Waals surface area contributed by atoms with Crippen LogP contribution >= 0.6 is 0 Å². The molecule has 0 saturated carbocycles. The van der Waals surface area contributed by atoms with E-state index in [1.54, 1.807) is 0 Å². The Morgan fingerprint density at radius 2 is 1.61 bits per heavy atom. The van der Waals surface area contributed by atoms with Gasteiger partial charge in [0.15, 0.2) is 0 Å². The molecule has 0 aromatic heterocycles. The lowest BCUT2D eigenvalue weighted by Gasteiger charge is -2.30. The second kappa shape index (κ2) is 8.48. The van der Waals surface area contributed by atoms with Crippen LogP contribution in [-0.2, 0) is 4.79 Å². The molecule has 4 nitrogen and oxygen atoms in total. The van der Waals surface area contributed by atoms with Crippen molar-refractivity contribution in [3.63, 3.8) is 0 Å². The van der Waals surface area contributed by atoms with E-state index in [2.05, 4.69) is 37.9 Å². The van der Waals surface area contributed by atoms with Crippen LogP contribution in [0.1, 0.15) is 41.5 Å². The Kier molecular flexibility index (Phi) is 8.20. The van der Waals surface area contributed by atoms with E-state index in [1.807, 2.05) is 13.8 Å². The molecule has 0 aliphatic rings. The van der Waals surface area contributed by atoms with Gasteiger partial charge in [0, 0.05) is 31.7 Å². The summed E-state index contributed by atoms with van der Waals surface area (Å²) >= 11 is 0. The third kappa shape index (κ3) is 5.83. The summed E-state index contributed by atoms with van der Waals surface area (Å²) in [6, 6.07) is 0.995. The van der Waals surface area contributed by atoms with Gasteiger partial charge in [-0.25, -0.2) is 0 Å². The van der Waals surface area contributed by atoms with Crippen LogP contribution in [0.25, 0.3) is 0 Å². The number of nitrogens with two attached hydrogens (primary N) is 1. The Morgan fingerprint density at radius 1 is 1.11 bits per heavy atom. The largest absolute Gasteiger partial charge is 0.355 e. The first-order valence-electron chi connectivity index (χ1n) is 7.04. The van der Waals surface area contributed by atoms with E-state index in [-0.39, 0.29) is 11.8 Å². The van der Waals surface area contributed by atoms with E-state index in [4.69, 9.17) is 5.73 Å². The monoisotopic (exact) mass is 257 g/mol. The summed E-state index contributed by atoms with van der Waals surface area (Å²) in [6.07, 6.45) is 0. The van der Waals surface area contributed by atoms with Crippen LogP contribution in [0.3, 0.4) is 0 Å². The van der Waals surface area contributed by atoms with E-state index in [9.17, 15) is 4.79 Å². The number of rotatable bonds is 8. The highest BCUT2D eigenvalue weighted by Crippen LogP contribution is 2.09. The van der Waals surface area contributed by atoms with Crippen molar-refractivity contribution < 1.29 is 4.79 Å². The van der Waals surface area contributed by atoms with Gasteiger partial charge in [-0.3, -0.25) is 9.69 Å². The van der Waals surface area contributed by atoms with Crippen molar-refractivity contribution in [1.29, 1.82) is 0 Å². The molecule has 0 aliphatic heterocycles. The molecule has 108 valence electrons. The number of amides is 1. The maximum Gasteiger partial charge on any atom is 0.224 e. The quantitative estimate of drug-likeness (QED) is 0.692. The molecule has 0 bridgehead atoms. The third-order valence-corrected chi connectivity index (χ3v) is 3.39. The molecule has 0 aromatic rings. The fourth-order valence-corrected chi connectivity index (χ4v) is 2.23. The van der Waals surface area contributed by atoms with Gasteiger partial charge in [-0.15, -0.1) is 0 Å². The Morgan fingerprint density at radius 3 is 1.94 bits per heavy atom. The van der Waals surface area contributed by atoms with Gasteiger partial charge in [-0.2, -0.15) is 0 Å². The maximum absolute atomic E-state index is 11.9. The molecule has 0 radical (unpaired) electrons. The van der Waals surface area contributed by atoms with Gasteiger partial charge in [-0.05, 0) is 33.6 Å². The lowest BCUT2D eigenvalue weighted by Crippen LogP contribution is -2.45. The molecule has 0 aromatic carbocycles. The van der Waals surface area contributed by atoms with Crippen molar-refractivity contribution >= 4 is 5.91 Å². The topological polar surface area (TPSA) is 58.4 Å². The highest BCUT2D eigenvalue weighted by atomic mass is 16.1. The summed E-state index contributed by atoms with van der Waals surface area (Å²) in [5, 5.41) is 2.99. The van der Waals surface area contributed by atoms with E-state index in [0.29, 0.717) is 31.1 Å². The molecule has 0 aliphatic carbocycles. The van der Waals surface area contributed by atoms with Crippen LogP contribution in [-0.4, -0.2) is 42.5 Å². The van der Waals surface area contributed by atoms with Gasteiger partial charge in [0.2, 0.25) is 5.91 Å². The first-order chi connectivity index (χ1) is 8.31. The Labute approximate surface area is 112 Å². The summed E-state index contributed by atoms with van der Waals surface area (Å²) < 4.78 is 0. The predicted octanol–water partition coefficient (Wildman–Crippen LogP) is 1.45. The molecule has 0 fully saturated rings. The molecule has 1 atom stereocenters. The number of carbonyl (C=O) groups excluding carboxylic acids is 1. The summed E-state index contributed by atoms with van der Waals surface area (Å²) in [7, 11) is 0. The first-order valence-corrected chi connectivity index (χ1v) is 7.04. The molecule has 1 amide bonds. The molecule has 1 unspecified atom stereocenters. The minimum Gasteiger partial charge on any atom is -0.355 e. The summed E-state index contributed by atoms with van der Waals surface area (Å²) in [4.78, 5) is 14.3. The van der Waals surface area contributed by atoms with E-state index >= 15 is 0 Å². The van der Waals surface area contributed by atoms with Crippen LogP contribution in [0.4, 0.5) is 0 Å². The minimum atomic E-state index is -0.0726. The minimum absolute atomic E-state index is 0.0726. The normalized spacial score (nSPS) is 13.7. The van der Waals surface area contributed by atoms with E-state index in [1.165, 1.54) is 0 Å². The van der Waals surface area contributed by atoms with Gasteiger partial charge in [0.25, 0.3) is 0 Å². The molecule has 0 spiro atoms. The number of hydrogen-bond donors (Lipinski definition) is 2. The van der Waals surface area contributed by atoms with Gasteiger partial charge < -0.3 is 11.1 Å². The van der Waals surface area contributed by atoms with Crippen LogP contribution in [0.5, 0.6) is 0 Å². The van der Waals surface area contributed by atoms with Gasteiger partial charge in [0.1, 0.15) is 0 Å². The lowest BCUT2D eigenvalue weighted by atomic mass is 9.95. The molecule has 0 rings (SSSR count). The summed E-state index contributed by atoms with van der Waals surface area (Å²) in [6.45, 7) is 14.8. The number of nitrogens with zero attached hydrogens (tertiary/aromatic N) is 1. The molecular formula is C14H31N3O. The molecule has 0 heterocycles. The number of hydrogen-bond acceptors (Lipinski definition) is 3. The van der Waals surface area contributed by atoms with Gasteiger partial charge in [-0.1, -0.05) is 13.8 Å². The Bertz CT molecular complexity index is 231. The van der Waals surface area contributed by atoms with Crippen molar-refractivity contribution in [1.82, 2.24) is 10.2 Å². The van der Waals surface area contributed by atoms with Crippen molar-refractivity contribution in [3.8, 4) is 0 Å². The molecule has 0 saturated heterocycles. The zero-order valence-electron chi connectivity index (χ0n) is 12.9. The van der Waals surface area contributed by atoms with Crippen LogP contribution in [0, 0.1) is 11.8 Å². The number of nitrogens with one attached hydrogen (secondary N) is 1. The lowest BCUT2D eigenvalue weighted by molar-refractivity contribution is -0.126. The number of carbonyl (C=O) groups is 1. The highest BCUT2D eigenvalue weighted by Gasteiger charge is 2.20. The van der Waals surface area contributed by atoms with Crippen molar-refractivity contribution in [3.05, 3.63) is 0 Å². The maximum atomic E-state index is 11.9. The second-order valence-electron chi connectivity index (χ2n) is 5.80. The third-order valence-electron chi connectivity index (χ3n) is 3.39. The van der Waals surface area contributed by atoms with Crippen molar-refractivity contribution in [2.24, 2.45) is 17.6 Å². The molecule has 18 heavy (non-hydrogen) atoms. The van der Waals surface area contributed by atoms with Gasteiger partial charge in [0.05, 0.1) is 5.92 Å².